The molecule has 88 valence electrons. The zero-order valence-corrected chi connectivity index (χ0v) is 9.39. The predicted molar refractivity (Wildman–Crippen MR) is 59.1 cm³/mol. The molecule has 5 nitrogen and oxygen atoms in total. The van der Waals surface area contributed by atoms with Crippen LogP contribution in [0.4, 0.5) is 0 Å². The third-order valence-corrected chi connectivity index (χ3v) is 3.70. The quantitative estimate of drug-likeness (QED) is 0.768. The first kappa shape index (κ1) is 10.2. The number of nitrogens with zero attached hydrogens (tertiary/aromatic N) is 3. The summed E-state index contributed by atoms with van der Waals surface area (Å²) in [5.74, 6) is 2.25. The van der Waals surface area contributed by atoms with Crippen molar-refractivity contribution < 1.29 is 5.11 Å². The van der Waals surface area contributed by atoms with E-state index in [1.165, 1.54) is 6.42 Å². The fourth-order valence-corrected chi connectivity index (χ4v) is 2.82. The lowest BCUT2D eigenvalue weighted by Gasteiger charge is -2.23. The second-order valence-corrected chi connectivity index (χ2v) is 4.74. The highest BCUT2D eigenvalue weighted by Crippen LogP contribution is 2.30. The van der Waals surface area contributed by atoms with E-state index < -0.39 is 0 Å². The van der Waals surface area contributed by atoms with Crippen LogP contribution in [0.5, 0.6) is 0 Å². The molecule has 3 rings (SSSR count). The van der Waals surface area contributed by atoms with Gasteiger partial charge >= 0.3 is 0 Å². The van der Waals surface area contributed by atoms with Gasteiger partial charge in [-0.2, -0.15) is 0 Å². The molecule has 0 spiro atoms. The van der Waals surface area contributed by atoms with Crippen molar-refractivity contribution in [3.8, 4) is 0 Å². The predicted octanol–water partition coefficient (Wildman–Crippen LogP) is 0.572. The monoisotopic (exact) mass is 222 g/mol. The van der Waals surface area contributed by atoms with E-state index in [-0.39, 0.29) is 12.5 Å². The van der Waals surface area contributed by atoms with Crippen LogP contribution in [0.15, 0.2) is 0 Å². The largest absolute Gasteiger partial charge is 0.396 e. The van der Waals surface area contributed by atoms with Crippen molar-refractivity contribution in [1.29, 1.82) is 0 Å². The van der Waals surface area contributed by atoms with Crippen molar-refractivity contribution in [1.82, 2.24) is 20.1 Å². The van der Waals surface area contributed by atoms with Gasteiger partial charge in [-0.25, -0.2) is 0 Å². The molecular weight excluding hydrogens is 204 g/mol. The normalized spacial score (nSPS) is 29.3. The first-order valence-corrected chi connectivity index (χ1v) is 6.17. The molecule has 0 aliphatic carbocycles. The molecule has 0 saturated carbocycles. The average molecular weight is 222 g/mol. The maximum atomic E-state index is 9.32. The Bertz CT molecular complexity index is 370. The Morgan fingerprint density at radius 2 is 2.12 bits per heavy atom. The Labute approximate surface area is 94.9 Å². The molecule has 16 heavy (non-hydrogen) atoms. The summed E-state index contributed by atoms with van der Waals surface area (Å²) < 4.78 is 2.22. The molecule has 3 heterocycles. The molecule has 2 aliphatic heterocycles. The van der Waals surface area contributed by atoms with Crippen LogP contribution in [0.25, 0.3) is 0 Å². The van der Waals surface area contributed by atoms with Crippen LogP contribution in [0.2, 0.25) is 0 Å². The highest BCUT2D eigenvalue weighted by atomic mass is 16.3. The minimum atomic E-state index is 0.191. The van der Waals surface area contributed by atoms with Gasteiger partial charge in [-0.1, -0.05) is 0 Å². The summed E-state index contributed by atoms with van der Waals surface area (Å²) in [6, 6.07) is 0.374. The van der Waals surface area contributed by atoms with E-state index in [1.54, 1.807) is 0 Å². The molecule has 2 unspecified atom stereocenters. The molecular formula is C11H18N4O. The van der Waals surface area contributed by atoms with Crippen molar-refractivity contribution in [2.24, 2.45) is 0 Å². The van der Waals surface area contributed by atoms with Crippen molar-refractivity contribution in [3.05, 3.63) is 11.6 Å². The van der Waals surface area contributed by atoms with E-state index in [2.05, 4.69) is 20.1 Å². The van der Waals surface area contributed by atoms with Crippen molar-refractivity contribution >= 4 is 0 Å². The maximum Gasteiger partial charge on any atom is 0.150 e. The van der Waals surface area contributed by atoms with Crippen molar-refractivity contribution in [2.45, 2.75) is 44.2 Å². The number of aliphatic hydroxyl groups excluding tert-OH is 1. The lowest BCUT2D eigenvalue weighted by Crippen LogP contribution is -2.23. The van der Waals surface area contributed by atoms with Crippen LogP contribution in [-0.2, 0) is 6.54 Å². The number of hydrogen-bond acceptors (Lipinski definition) is 4. The standard InChI is InChI=1S/C11H18N4O/c16-7-8-3-2-6-15-10(8)13-14-11(15)9-4-1-5-12-9/h8-9,12,16H,1-7H2. The summed E-state index contributed by atoms with van der Waals surface area (Å²) >= 11 is 0. The second kappa shape index (κ2) is 4.14. The Morgan fingerprint density at radius 3 is 2.88 bits per heavy atom. The lowest BCUT2D eigenvalue weighted by molar-refractivity contribution is 0.236. The molecule has 5 heteroatoms. The second-order valence-electron chi connectivity index (χ2n) is 4.74. The molecule has 1 fully saturated rings. The van der Waals surface area contributed by atoms with Gasteiger partial charge in [-0.05, 0) is 32.2 Å². The SMILES string of the molecule is OCC1CCCn2c1nnc2C1CCCN1. The van der Waals surface area contributed by atoms with Crippen LogP contribution in [-0.4, -0.2) is 33.0 Å². The van der Waals surface area contributed by atoms with Gasteiger partial charge in [0, 0.05) is 12.5 Å². The smallest absolute Gasteiger partial charge is 0.150 e. The molecule has 2 N–H and O–H groups in total. The molecule has 1 saturated heterocycles. The Kier molecular flexibility index (Phi) is 2.65. The minimum absolute atomic E-state index is 0.191. The molecule has 1 aromatic rings. The van der Waals surface area contributed by atoms with Crippen LogP contribution in [0.3, 0.4) is 0 Å². The van der Waals surface area contributed by atoms with Gasteiger partial charge in [-0.3, -0.25) is 0 Å². The summed E-state index contributed by atoms with van der Waals surface area (Å²) in [6.45, 7) is 2.28. The van der Waals surface area contributed by atoms with Crippen LogP contribution in [0.1, 0.15) is 49.3 Å². The molecule has 0 amide bonds. The molecule has 1 aromatic heterocycles. The number of nitrogens with one attached hydrogen (secondary N) is 1. The van der Waals surface area contributed by atoms with Gasteiger partial charge < -0.3 is 15.0 Å². The van der Waals surface area contributed by atoms with E-state index in [4.69, 9.17) is 0 Å². The number of fused-ring (bicyclic) bond motifs is 1. The minimum Gasteiger partial charge on any atom is -0.396 e. The fraction of sp³-hybridized carbons (Fsp3) is 0.818. The number of rotatable bonds is 2. The van der Waals surface area contributed by atoms with Gasteiger partial charge in [0.25, 0.3) is 0 Å². The van der Waals surface area contributed by atoms with Crippen molar-refractivity contribution in [2.75, 3.05) is 13.2 Å². The Hall–Kier alpha value is -0.940. The van der Waals surface area contributed by atoms with Crippen molar-refractivity contribution in [3.63, 3.8) is 0 Å². The van der Waals surface area contributed by atoms with Gasteiger partial charge in [0.1, 0.15) is 11.6 Å². The van der Waals surface area contributed by atoms with Gasteiger partial charge in [-0.15, -0.1) is 10.2 Å². The molecule has 0 aromatic carbocycles. The molecule has 0 radical (unpaired) electrons. The van der Waals surface area contributed by atoms with Crippen LogP contribution >= 0.6 is 0 Å². The van der Waals surface area contributed by atoms with E-state index in [0.717, 1.165) is 44.0 Å². The topological polar surface area (TPSA) is 63.0 Å². The Morgan fingerprint density at radius 1 is 1.25 bits per heavy atom. The maximum absolute atomic E-state index is 9.32. The summed E-state index contributed by atoms with van der Waals surface area (Å²) in [5.41, 5.74) is 0. The van der Waals surface area contributed by atoms with E-state index in [0.29, 0.717) is 6.04 Å². The highest BCUT2D eigenvalue weighted by Gasteiger charge is 2.29. The lowest BCUT2D eigenvalue weighted by atomic mass is 10.00. The Balaban J connectivity index is 1.93. The number of aromatic nitrogens is 3. The van der Waals surface area contributed by atoms with E-state index in [1.807, 2.05) is 0 Å². The number of aliphatic hydroxyl groups is 1. The zero-order valence-electron chi connectivity index (χ0n) is 9.39. The summed E-state index contributed by atoms with van der Waals surface area (Å²) in [5, 5.41) is 21.4. The van der Waals surface area contributed by atoms with E-state index in [9.17, 15) is 5.11 Å². The van der Waals surface area contributed by atoms with Gasteiger partial charge in [0.2, 0.25) is 0 Å². The third kappa shape index (κ3) is 1.55. The highest BCUT2D eigenvalue weighted by molar-refractivity contribution is 5.09. The zero-order chi connectivity index (χ0) is 11.0. The average Bonchev–Trinajstić information content (AvgIpc) is 2.96. The first-order valence-electron chi connectivity index (χ1n) is 6.17. The number of hydrogen-bond donors (Lipinski definition) is 2. The summed E-state index contributed by atoms with van der Waals surface area (Å²) in [6.07, 6.45) is 4.53. The molecule has 2 atom stereocenters. The molecule has 0 bridgehead atoms. The molecule has 2 aliphatic rings. The van der Waals surface area contributed by atoms with Gasteiger partial charge in [0.15, 0.2) is 0 Å². The van der Waals surface area contributed by atoms with Gasteiger partial charge in [0.05, 0.1) is 12.6 Å². The summed E-state index contributed by atoms with van der Waals surface area (Å²) in [4.78, 5) is 0. The van der Waals surface area contributed by atoms with E-state index >= 15 is 0 Å². The summed E-state index contributed by atoms with van der Waals surface area (Å²) in [7, 11) is 0. The fourth-order valence-electron chi connectivity index (χ4n) is 2.82. The van der Waals surface area contributed by atoms with Crippen LogP contribution < -0.4 is 5.32 Å². The van der Waals surface area contributed by atoms with Crippen LogP contribution in [0, 0.1) is 0 Å². The third-order valence-electron chi connectivity index (χ3n) is 3.70. The first-order chi connectivity index (χ1) is 7.90.